The minimum atomic E-state index is -0.473. The maximum Gasteiger partial charge on any atom is 0.333 e. The van der Waals surface area contributed by atoms with Gasteiger partial charge >= 0.3 is 5.97 Å². The maximum absolute atomic E-state index is 11.4. The van der Waals surface area contributed by atoms with E-state index in [1.54, 1.807) is 7.11 Å². The second-order valence-electron chi connectivity index (χ2n) is 5.06. The van der Waals surface area contributed by atoms with Crippen molar-refractivity contribution in [2.24, 2.45) is 11.1 Å². The first-order valence-electron chi connectivity index (χ1n) is 7.55. The van der Waals surface area contributed by atoms with Gasteiger partial charge in [0.15, 0.2) is 0 Å². The van der Waals surface area contributed by atoms with Gasteiger partial charge in [0.05, 0.1) is 32.1 Å². The maximum atomic E-state index is 11.4. The van der Waals surface area contributed by atoms with Gasteiger partial charge in [0.2, 0.25) is 0 Å². The lowest BCUT2D eigenvalue weighted by Crippen LogP contribution is -2.21. The molecule has 0 spiro atoms. The Hall–Kier alpha value is -2.19. The van der Waals surface area contributed by atoms with Crippen LogP contribution in [-0.2, 0) is 23.8 Å². The summed E-state index contributed by atoms with van der Waals surface area (Å²) in [5.41, 5.74) is 1.50. The molecule has 0 aliphatic carbocycles. The first-order chi connectivity index (χ1) is 12.0. The van der Waals surface area contributed by atoms with E-state index in [2.05, 4.69) is 14.9 Å². The standard InChI is InChI=1S/C17H24N2O5S/c1-11(15(22-4)9-16(20)23-5)14(21-3)8-7-13-10-25-17(18-13)12(2)19-24-6/h7-11,14H,1-6H3/b8-7+,15-9-,19-12+. The third-order valence-electron chi connectivity index (χ3n) is 3.43. The number of carbonyl (C=O) groups excluding carboxylic acids is 1. The minimum Gasteiger partial charge on any atom is -0.500 e. The fraction of sp³-hybridized carbons (Fsp3) is 0.471. The highest BCUT2D eigenvalue weighted by Crippen LogP contribution is 2.21. The van der Waals surface area contributed by atoms with E-state index in [1.165, 1.54) is 38.7 Å². The van der Waals surface area contributed by atoms with E-state index in [0.717, 1.165) is 10.7 Å². The van der Waals surface area contributed by atoms with Crippen molar-refractivity contribution in [2.45, 2.75) is 20.0 Å². The Bertz CT molecular complexity index is 651. The van der Waals surface area contributed by atoms with Crippen LogP contribution in [0.1, 0.15) is 24.5 Å². The number of hydrogen-bond acceptors (Lipinski definition) is 8. The molecule has 7 nitrogen and oxygen atoms in total. The highest BCUT2D eigenvalue weighted by atomic mass is 32.1. The van der Waals surface area contributed by atoms with E-state index in [4.69, 9.17) is 14.3 Å². The number of rotatable bonds is 9. The van der Waals surface area contributed by atoms with Crippen LogP contribution < -0.4 is 0 Å². The SMILES string of the molecule is CO/N=C(\C)c1nc(/C=C/C(OC)C(C)/C(=C/C(=O)OC)OC)cs1. The number of aromatic nitrogens is 1. The summed E-state index contributed by atoms with van der Waals surface area (Å²) in [6, 6.07) is 0. The Morgan fingerprint density at radius 1 is 1.28 bits per heavy atom. The number of carbonyl (C=O) groups is 1. The second-order valence-corrected chi connectivity index (χ2v) is 5.92. The van der Waals surface area contributed by atoms with Crippen molar-refractivity contribution in [3.8, 4) is 0 Å². The van der Waals surface area contributed by atoms with Crippen LogP contribution in [0.4, 0.5) is 0 Å². The zero-order chi connectivity index (χ0) is 18.8. The number of ether oxygens (including phenoxy) is 3. The van der Waals surface area contributed by atoms with Gasteiger partial charge in [-0.05, 0) is 13.0 Å². The third-order valence-corrected chi connectivity index (χ3v) is 4.40. The molecule has 0 aromatic carbocycles. The van der Waals surface area contributed by atoms with E-state index in [-0.39, 0.29) is 12.0 Å². The zero-order valence-electron chi connectivity index (χ0n) is 15.3. The monoisotopic (exact) mass is 368 g/mol. The number of thiazole rings is 1. The molecule has 0 fully saturated rings. The lowest BCUT2D eigenvalue weighted by atomic mass is 10.0. The molecule has 8 heteroatoms. The number of methoxy groups -OCH3 is 3. The molecule has 0 aliphatic heterocycles. The molecule has 1 aromatic rings. The fourth-order valence-electron chi connectivity index (χ4n) is 2.06. The van der Waals surface area contributed by atoms with Crippen LogP contribution in [0.15, 0.2) is 28.4 Å². The highest BCUT2D eigenvalue weighted by molar-refractivity contribution is 7.11. The van der Waals surface area contributed by atoms with Gasteiger partial charge in [-0.15, -0.1) is 11.3 Å². The number of nitrogens with zero attached hydrogens (tertiary/aromatic N) is 2. The molecule has 0 aliphatic rings. The molecule has 2 atom stereocenters. The molecule has 138 valence electrons. The third kappa shape index (κ3) is 6.32. The molecule has 25 heavy (non-hydrogen) atoms. The van der Waals surface area contributed by atoms with Gasteiger partial charge in [0.25, 0.3) is 0 Å². The Morgan fingerprint density at radius 3 is 2.56 bits per heavy atom. The van der Waals surface area contributed by atoms with Crippen LogP contribution >= 0.6 is 11.3 Å². The summed E-state index contributed by atoms with van der Waals surface area (Å²) in [4.78, 5) is 20.6. The van der Waals surface area contributed by atoms with Gasteiger partial charge < -0.3 is 19.0 Å². The summed E-state index contributed by atoms with van der Waals surface area (Å²) < 4.78 is 15.4. The molecule has 2 unspecified atom stereocenters. The number of oxime groups is 1. The highest BCUT2D eigenvalue weighted by Gasteiger charge is 2.20. The van der Waals surface area contributed by atoms with Crippen molar-refractivity contribution < 1.29 is 23.8 Å². The average Bonchev–Trinajstić information content (AvgIpc) is 3.09. The lowest BCUT2D eigenvalue weighted by molar-refractivity contribution is -0.135. The summed E-state index contributed by atoms with van der Waals surface area (Å²) in [5, 5.41) is 6.57. The van der Waals surface area contributed by atoms with Gasteiger partial charge in [-0.1, -0.05) is 18.2 Å². The predicted molar refractivity (Wildman–Crippen MR) is 97.4 cm³/mol. The van der Waals surface area contributed by atoms with Gasteiger partial charge in [0, 0.05) is 18.4 Å². The zero-order valence-corrected chi connectivity index (χ0v) is 16.1. The quantitative estimate of drug-likeness (QED) is 0.219. The fourth-order valence-corrected chi connectivity index (χ4v) is 2.79. The first-order valence-corrected chi connectivity index (χ1v) is 8.42. The summed E-state index contributed by atoms with van der Waals surface area (Å²) in [5.74, 6) is -0.176. The Balaban J connectivity index is 2.90. The van der Waals surface area contributed by atoms with Crippen LogP contribution in [-0.4, -0.2) is 51.2 Å². The lowest BCUT2D eigenvalue weighted by Gasteiger charge is -2.21. The minimum absolute atomic E-state index is 0.180. The van der Waals surface area contributed by atoms with Crippen LogP contribution in [0.2, 0.25) is 0 Å². The molecule has 1 heterocycles. The van der Waals surface area contributed by atoms with E-state index in [1.807, 2.05) is 31.4 Å². The van der Waals surface area contributed by atoms with Crippen molar-refractivity contribution in [2.75, 3.05) is 28.4 Å². The Labute approximate surface area is 151 Å². The number of hydrogen-bond donors (Lipinski definition) is 0. The second kappa shape index (κ2) is 10.6. The van der Waals surface area contributed by atoms with Crippen molar-refractivity contribution in [1.29, 1.82) is 0 Å². The van der Waals surface area contributed by atoms with Crippen molar-refractivity contribution in [3.63, 3.8) is 0 Å². The molecule has 1 rings (SSSR count). The Morgan fingerprint density at radius 2 is 2.00 bits per heavy atom. The largest absolute Gasteiger partial charge is 0.500 e. The molecule has 0 saturated carbocycles. The molecule has 0 radical (unpaired) electrons. The van der Waals surface area contributed by atoms with Gasteiger partial charge in [-0.3, -0.25) is 0 Å². The first kappa shape index (κ1) is 20.9. The van der Waals surface area contributed by atoms with E-state index in [0.29, 0.717) is 11.5 Å². The Kier molecular flexibility index (Phi) is 8.87. The normalized spacial score (nSPS) is 15.1. The molecule has 1 aromatic heterocycles. The van der Waals surface area contributed by atoms with Crippen LogP contribution in [0.5, 0.6) is 0 Å². The van der Waals surface area contributed by atoms with E-state index >= 15 is 0 Å². The predicted octanol–water partition coefficient (Wildman–Crippen LogP) is 2.88. The van der Waals surface area contributed by atoms with Gasteiger partial charge in [-0.25, -0.2) is 9.78 Å². The van der Waals surface area contributed by atoms with E-state index in [9.17, 15) is 4.79 Å². The smallest absolute Gasteiger partial charge is 0.333 e. The van der Waals surface area contributed by atoms with Gasteiger partial charge in [0.1, 0.15) is 23.6 Å². The van der Waals surface area contributed by atoms with Crippen LogP contribution in [0, 0.1) is 5.92 Å². The molecular weight excluding hydrogens is 344 g/mol. The van der Waals surface area contributed by atoms with Crippen LogP contribution in [0.25, 0.3) is 6.08 Å². The molecule has 0 bridgehead atoms. The summed E-state index contributed by atoms with van der Waals surface area (Å²) in [7, 11) is 5.92. The summed E-state index contributed by atoms with van der Waals surface area (Å²) in [6.07, 6.45) is 4.75. The summed E-state index contributed by atoms with van der Waals surface area (Å²) in [6.45, 7) is 3.73. The average molecular weight is 368 g/mol. The molecule has 0 amide bonds. The van der Waals surface area contributed by atoms with Crippen LogP contribution in [0.3, 0.4) is 0 Å². The van der Waals surface area contributed by atoms with E-state index < -0.39 is 5.97 Å². The molecule has 0 saturated heterocycles. The number of esters is 1. The van der Waals surface area contributed by atoms with Crippen molar-refractivity contribution in [3.05, 3.63) is 34.0 Å². The van der Waals surface area contributed by atoms with Gasteiger partial charge in [-0.2, -0.15) is 0 Å². The van der Waals surface area contributed by atoms with Crippen molar-refractivity contribution in [1.82, 2.24) is 4.98 Å². The topological polar surface area (TPSA) is 79.2 Å². The summed E-state index contributed by atoms with van der Waals surface area (Å²) >= 11 is 1.48. The molecule has 0 N–H and O–H groups in total. The van der Waals surface area contributed by atoms with Crippen molar-refractivity contribution >= 4 is 29.1 Å². The molecular formula is C17H24N2O5S.